The maximum atomic E-state index is 5.82. The minimum atomic E-state index is 0.779. The van der Waals surface area contributed by atoms with Crippen LogP contribution in [0.2, 0.25) is 0 Å². The molecule has 0 atom stereocenters. The lowest BCUT2D eigenvalue weighted by atomic mass is 9.93. The van der Waals surface area contributed by atoms with Gasteiger partial charge in [-0.15, -0.1) is 0 Å². The van der Waals surface area contributed by atoms with Crippen LogP contribution in [0, 0.1) is 0 Å². The zero-order valence-electron chi connectivity index (χ0n) is 13.2. The van der Waals surface area contributed by atoms with Gasteiger partial charge in [-0.2, -0.15) is 0 Å². The van der Waals surface area contributed by atoms with E-state index in [9.17, 15) is 0 Å². The first kappa shape index (κ1) is 14.3. The van der Waals surface area contributed by atoms with Crippen molar-refractivity contribution in [2.24, 2.45) is 0 Å². The minimum absolute atomic E-state index is 0.779. The van der Waals surface area contributed by atoms with Crippen molar-refractivity contribution in [3.8, 4) is 22.3 Å². The molecule has 24 heavy (non-hydrogen) atoms. The number of hydrogen-bond donors (Lipinski definition) is 2. The molecule has 2 heteroatoms. The molecular weight excluding hydrogens is 292 g/mol. The molecule has 0 saturated heterocycles. The average Bonchev–Trinajstić information content (AvgIpc) is 2.62. The van der Waals surface area contributed by atoms with Gasteiger partial charge >= 0.3 is 0 Å². The summed E-state index contributed by atoms with van der Waals surface area (Å²) in [5, 5.41) is 2.47. The van der Waals surface area contributed by atoms with Crippen molar-refractivity contribution < 1.29 is 0 Å². The third-order valence-corrected chi connectivity index (χ3v) is 4.37. The highest BCUT2D eigenvalue weighted by atomic mass is 14.5. The summed E-state index contributed by atoms with van der Waals surface area (Å²) >= 11 is 0. The zero-order chi connectivity index (χ0) is 16.5. The molecule has 0 aliphatic carbocycles. The molecule has 4 aromatic rings. The Kier molecular flexibility index (Phi) is 3.43. The second kappa shape index (κ2) is 5.74. The first-order valence-corrected chi connectivity index (χ1v) is 7.96. The van der Waals surface area contributed by atoms with Crippen molar-refractivity contribution in [2.75, 3.05) is 11.5 Å². The summed E-state index contributed by atoms with van der Waals surface area (Å²) in [5.74, 6) is 0. The van der Waals surface area contributed by atoms with Gasteiger partial charge in [-0.3, -0.25) is 0 Å². The Morgan fingerprint density at radius 2 is 0.792 bits per heavy atom. The highest BCUT2D eigenvalue weighted by Gasteiger charge is 2.08. The number of nitrogen functional groups attached to an aromatic ring is 2. The van der Waals surface area contributed by atoms with Gasteiger partial charge in [0.15, 0.2) is 0 Å². The van der Waals surface area contributed by atoms with E-state index >= 15 is 0 Å². The van der Waals surface area contributed by atoms with Gasteiger partial charge in [0.25, 0.3) is 0 Å². The molecule has 0 saturated carbocycles. The van der Waals surface area contributed by atoms with Gasteiger partial charge in [0.1, 0.15) is 0 Å². The molecule has 0 fully saturated rings. The van der Waals surface area contributed by atoms with Crippen molar-refractivity contribution >= 4 is 22.1 Å². The van der Waals surface area contributed by atoms with E-state index in [2.05, 4.69) is 60.7 Å². The van der Waals surface area contributed by atoms with Crippen LogP contribution in [0.5, 0.6) is 0 Å². The minimum Gasteiger partial charge on any atom is -0.399 e. The van der Waals surface area contributed by atoms with E-state index in [1.54, 1.807) is 0 Å². The largest absolute Gasteiger partial charge is 0.399 e. The van der Waals surface area contributed by atoms with E-state index in [4.69, 9.17) is 11.5 Å². The smallest absolute Gasteiger partial charge is 0.0314 e. The van der Waals surface area contributed by atoms with E-state index in [1.165, 1.54) is 33.0 Å². The molecule has 2 nitrogen and oxygen atoms in total. The van der Waals surface area contributed by atoms with Crippen LogP contribution in [-0.2, 0) is 0 Å². The molecule has 0 spiro atoms. The van der Waals surface area contributed by atoms with Crippen molar-refractivity contribution in [3.63, 3.8) is 0 Å². The predicted octanol–water partition coefficient (Wildman–Crippen LogP) is 5.34. The fourth-order valence-corrected chi connectivity index (χ4v) is 3.14. The van der Waals surface area contributed by atoms with Crippen molar-refractivity contribution in [1.29, 1.82) is 0 Å². The van der Waals surface area contributed by atoms with E-state index in [0.717, 1.165) is 11.4 Å². The Hall–Kier alpha value is -3.26. The van der Waals surface area contributed by atoms with Gasteiger partial charge in [-0.1, -0.05) is 60.7 Å². The Labute approximate surface area is 141 Å². The molecule has 0 aromatic heterocycles. The van der Waals surface area contributed by atoms with Crippen LogP contribution in [0.4, 0.5) is 11.4 Å². The fourth-order valence-electron chi connectivity index (χ4n) is 3.14. The summed E-state index contributed by atoms with van der Waals surface area (Å²) in [6.07, 6.45) is 0. The van der Waals surface area contributed by atoms with E-state index < -0.39 is 0 Å². The second-order valence-corrected chi connectivity index (χ2v) is 5.95. The Morgan fingerprint density at radius 1 is 0.417 bits per heavy atom. The van der Waals surface area contributed by atoms with Crippen molar-refractivity contribution in [3.05, 3.63) is 84.9 Å². The maximum absolute atomic E-state index is 5.82. The molecule has 0 heterocycles. The number of hydrogen-bond acceptors (Lipinski definition) is 2. The first-order chi connectivity index (χ1) is 11.7. The Bertz CT molecular complexity index is 915. The monoisotopic (exact) mass is 310 g/mol. The van der Waals surface area contributed by atoms with Crippen molar-refractivity contribution in [1.82, 2.24) is 0 Å². The summed E-state index contributed by atoms with van der Waals surface area (Å²) in [4.78, 5) is 0. The summed E-state index contributed by atoms with van der Waals surface area (Å²) in [6.45, 7) is 0. The average molecular weight is 310 g/mol. The van der Waals surface area contributed by atoms with E-state index in [-0.39, 0.29) is 0 Å². The van der Waals surface area contributed by atoms with Crippen LogP contribution in [0.15, 0.2) is 84.9 Å². The van der Waals surface area contributed by atoms with Gasteiger partial charge in [0, 0.05) is 11.4 Å². The molecule has 0 unspecified atom stereocenters. The van der Waals surface area contributed by atoms with E-state index in [0.29, 0.717) is 0 Å². The number of fused-ring (bicyclic) bond motifs is 1. The van der Waals surface area contributed by atoms with Crippen LogP contribution < -0.4 is 11.5 Å². The van der Waals surface area contributed by atoms with Crippen LogP contribution in [0.3, 0.4) is 0 Å². The Balaban J connectivity index is 1.94. The molecule has 0 aliphatic heterocycles. The van der Waals surface area contributed by atoms with Crippen LogP contribution >= 0.6 is 0 Å². The summed E-state index contributed by atoms with van der Waals surface area (Å²) in [6, 6.07) is 28.9. The van der Waals surface area contributed by atoms with Gasteiger partial charge in [0.05, 0.1) is 0 Å². The topological polar surface area (TPSA) is 52.0 Å². The summed E-state index contributed by atoms with van der Waals surface area (Å²) in [5.41, 5.74) is 18.0. The molecule has 4 N–H and O–H groups in total. The number of rotatable bonds is 2. The Morgan fingerprint density at radius 3 is 1.17 bits per heavy atom. The lowest BCUT2D eigenvalue weighted by Crippen LogP contribution is -1.88. The highest BCUT2D eigenvalue weighted by Crippen LogP contribution is 2.35. The van der Waals surface area contributed by atoms with Crippen LogP contribution in [0.25, 0.3) is 33.0 Å². The normalized spacial score (nSPS) is 10.8. The molecule has 0 bridgehead atoms. The van der Waals surface area contributed by atoms with Gasteiger partial charge in [-0.25, -0.2) is 0 Å². The standard InChI is InChI=1S/C22H18N2/c23-17-11-7-15(8-12-17)19-3-1-5-21-20(4-2-6-22(19)21)16-9-13-18(24)14-10-16/h1-14H,23-24H2. The van der Waals surface area contributed by atoms with Crippen molar-refractivity contribution in [2.45, 2.75) is 0 Å². The fraction of sp³-hybridized carbons (Fsp3) is 0. The third kappa shape index (κ3) is 2.48. The predicted molar refractivity (Wildman–Crippen MR) is 104 cm³/mol. The van der Waals surface area contributed by atoms with Gasteiger partial charge < -0.3 is 11.5 Å². The zero-order valence-corrected chi connectivity index (χ0v) is 13.2. The molecule has 116 valence electrons. The number of nitrogens with two attached hydrogens (primary N) is 2. The number of benzene rings is 4. The summed E-state index contributed by atoms with van der Waals surface area (Å²) in [7, 11) is 0. The number of anilines is 2. The second-order valence-electron chi connectivity index (χ2n) is 5.95. The summed E-state index contributed by atoms with van der Waals surface area (Å²) < 4.78 is 0. The highest BCUT2D eigenvalue weighted by molar-refractivity contribution is 6.04. The lowest BCUT2D eigenvalue weighted by molar-refractivity contribution is 1.62. The van der Waals surface area contributed by atoms with Crippen LogP contribution in [-0.4, -0.2) is 0 Å². The molecule has 0 aliphatic rings. The molecule has 4 rings (SSSR count). The lowest BCUT2D eigenvalue weighted by Gasteiger charge is -2.11. The first-order valence-electron chi connectivity index (χ1n) is 7.96. The molecule has 4 aromatic carbocycles. The van der Waals surface area contributed by atoms with E-state index in [1.807, 2.05) is 24.3 Å². The maximum Gasteiger partial charge on any atom is 0.0314 e. The quantitative estimate of drug-likeness (QED) is 0.491. The van der Waals surface area contributed by atoms with Crippen LogP contribution in [0.1, 0.15) is 0 Å². The molecule has 0 amide bonds. The van der Waals surface area contributed by atoms with Gasteiger partial charge in [-0.05, 0) is 57.3 Å². The molecular formula is C22H18N2. The SMILES string of the molecule is Nc1ccc(-c2cccc3c(-c4ccc(N)cc4)cccc23)cc1. The third-order valence-electron chi connectivity index (χ3n) is 4.37. The van der Waals surface area contributed by atoms with Gasteiger partial charge in [0.2, 0.25) is 0 Å². The molecule has 0 radical (unpaired) electrons.